The minimum atomic E-state index is 0.528. The molecule has 0 spiro atoms. The molecule has 3 rings (SSSR count). The maximum absolute atomic E-state index is 5.34. The second-order valence-electron chi connectivity index (χ2n) is 6.70. The summed E-state index contributed by atoms with van der Waals surface area (Å²) in [5.41, 5.74) is 3.45. The van der Waals surface area contributed by atoms with E-state index < -0.39 is 0 Å². The van der Waals surface area contributed by atoms with Gasteiger partial charge in [-0.3, -0.25) is 0 Å². The molecule has 0 fully saturated rings. The fourth-order valence-electron chi connectivity index (χ4n) is 2.91. The molecular formula is C23H25BrN2O. The normalized spacial score (nSPS) is 11.3. The van der Waals surface area contributed by atoms with E-state index >= 15 is 0 Å². The third-order valence-electron chi connectivity index (χ3n) is 4.51. The molecule has 0 bridgehead atoms. The van der Waals surface area contributed by atoms with Crippen LogP contribution in [0, 0.1) is 0 Å². The van der Waals surface area contributed by atoms with E-state index in [0.717, 1.165) is 22.0 Å². The predicted octanol–water partition coefficient (Wildman–Crippen LogP) is 7.18. The smallest absolute Gasteiger partial charge is 0.258 e. The summed E-state index contributed by atoms with van der Waals surface area (Å²) in [4.78, 5) is 4.43. The Kier molecular flexibility index (Phi) is 7.40. The summed E-state index contributed by atoms with van der Waals surface area (Å²) in [6.07, 6.45) is 11.7. The lowest BCUT2D eigenvalue weighted by Crippen LogP contribution is -1.86. The Bertz CT molecular complexity index is 851. The van der Waals surface area contributed by atoms with Crippen molar-refractivity contribution < 1.29 is 4.52 Å². The number of aryl methyl sites for hydroxylation is 1. The lowest BCUT2D eigenvalue weighted by molar-refractivity contribution is 0.429. The monoisotopic (exact) mass is 424 g/mol. The molecule has 0 atom stereocenters. The van der Waals surface area contributed by atoms with Crippen LogP contribution in [0.2, 0.25) is 0 Å². The first-order valence-corrected chi connectivity index (χ1v) is 10.4. The van der Waals surface area contributed by atoms with E-state index in [1.807, 2.05) is 36.4 Å². The molecule has 0 amide bonds. The molecule has 0 unspecified atom stereocenters. The zero-order valence-corrected chi connectivity index (χ0v) is 17.3. The van der Waals surface area contributed by atoms with Gasteiger partial charge in [0.15, 0.2) is 5.82 Å². The van der Waals surface area contributed by atoms with Gasteiger partial charge < -0.3 is 4.52 Å². The molecule has 2 aromatic carbocycles. The summed E-state index contributed by atoms with van der Waals surface area (Å²) in [6.45, 7) is 2.25. The van der Waals surface area contributed by atoms with Crippen LogP contribution in [0.25, 0.3) is 23.6 Å². The van der Waals surface area contributed by atoms with Crippen molar-refractivity contribution >= 4 is 28.1 Å². The second-order valence-corrected chi connectivity index (χ2v) is 7.62. The Morgan fingerprint density at radius 1 is 0.889 bits per heavy atom. The van der Waals surface area contributed by atoms with Crippen molar-refractivity contribution in [1.29, 1.82) is 0 Å². The van der Waals surface area contributed by atoms with E-state index in [2.05, 4.69) is 57.3 Å². The predicted molar refractivity (Wildman–Crippen MR) is 115 cm³/mol. The molecule has 140 valence electrons. The fraction of sp³-hybridized carbons (Fsp3) is 0.304. The van der Waals surface area contributed by atoms with Crippen molar-refractivity contribution in [3.63, 3.8) is 0 Å². The summed E-state index contributed by atoms with van der Waals surface area (Å²) in [5, 5.41) is 4.03. The Morgan fingerprint density at radius 2 is 1.63 bits per heavy atom. The standard InChI is InChI=1S/C23H25BrN2O/c1-2-3-4-5-6-7-18-8-10-19(11-9-18)12-17-22-25-23(27-26-22)20-13-15-21(24)16-14-20/h8-17H,2-7H2,1H3. The molecule has 1 aromatic heterocycles. The van der Waals surface area contributed by atoms with E-state index in [1.165, 1.54) is 37.7 Å². The number of nitrogens with zero attached hydrogens (tertiary/aromatic N) is 2. The molecule has 0 aliphatic heterocycles. The first-order chi connectivity index (χ1) is 13.2. The van der Waals surface area contributed by atoms with Crippen LogP contribution in [0.3, 0.4) is 0 Å². The molecule has 27 heavy (non-hydrogen) atoms. The molecule has 0 aliphatic rings. The molecule has 0 N–H and O–H groups in total. The maximum Gasteiger partial charge on any atom is 0.258 e. The lowest BCUT2D eigenvalue weighted by atomic mass is 10.0. The summed E-state index contributed by atoms with van der Waals surface area (Å²) in [5.74, 6) is 1.11. The van der Waals surface area contributed by atoms with Crippen molar-refractivity contribution in [2.45, 2.75) is 45.4 Å². The van der Waals surface area contributed by atoms with Crippen LogP contribution >= 0.6 is 15.9 Å². The molecule has 4 heteroatoms. The first kappa shape index (κ1) is 19.6. The van der Waals surface area contributed by atoms with Crippen molar-refractivity contribution in [1.82, 2.24) is 10.1 Å². The number of hydrogen-bond donors (Lipinski definition) is 0. The number of hydrogen-bond acceptors (Lipinski definition) is 3. The van der Waals surface area contributed by atoms with Gasteiger partial charge in [0.1, 0.15) is 0 Å². The minimum absolute atomic E-state index is 0.528. The summed E-state index contributed by atoms with van der Waals surface area (Å²) in [7, 11) is 0. The summed E-state index contributed by atoms with van der Waals surface area (Å²) < 4.78 is 6.37. The number of benzene rings is 2. The minimum Gasteiger partial charge on any atom is -0.334 e. The molecule has 0 aliphatic carbocycles. The number of aromatic nitrogens is 2. The Hall–Kier alpha value is -2.20. The van der Waals surface area contributed by atoms with Crippen LogP contribution in [-0.2, 0) is 6.42 Å². The van der Waals surface area contributed by atoms with Gasteiger partial charge in [0.2, 0.25) is 0 Å². The third-order valence-corrected chi connectivity index (χ3v) is 5.04. The van der Waals surface area contributed by atoms with Gasteiger partial charge in [0.05, 0.1) is 0 Å². The van der Waals surface area contributed by atoms with Crippen molar-refractivity contribution in [3.8, 4) is 11.5 Å². The molecule has 1 heterocycles. The highest BCUT2D eigenvalue weighted by molar-refractivity contribution is 9.10. The highest BCUT2D eigenvalue weighted by atomic mass is 79.9. The van der Waals surface area contributed by atoms with Crippen LogP contribution in [0.1, 0.15) is 56.0 Å². The largest absolute Gasteiger partial charge is 0.334 e. The molecule has 0 radical (unpaired) electrons. The molecule has 3 nitrogen and oxygen atoms in total. The van der Waals surface area contributed by atoms with Crippen LogP contribution in [0.5, 0.6) is 0 Å². The molecule has 3 aromatic rings. The van der Waals surface area contributed by atoms with Crippen molar-refractivity contribution in [2.75, 3.05) is 0 Å². The van der Waals surface area contributed by atoms with Crippen molar-refractivity contribution in [3.05, 3.63) is 70.0 Å². The Morgan fingerprint density at radius 3 is 2.37 bits per heavy atom. The summed E-state index contributed by atoms with van der Waals surface area (Å²) in [6, 6.07) is 16.5. The van der Waals surface area contributed by atoms with Gasteiger partial charge in [-0.2, -0.15) is 4.98 Å². The van der Waals surface area contributed by atoms with E-state index in [-0.39, 0.29) is 0 Å². The Balaban J connectivity index is 1.54. The first-order valence-electron chi connectivity index (χ1n) is 9.61. The van der Waals surface area contributed by atoms with E-state index in [1.54, 1.807) is 0 Å². The quantitative estimate of drug-likeness (QED) is 0.341. The van der Waals surface area contributed by atoms with Gasteiger partial charge in [0, 0.05) is 10.0 Å². The average Bonchev–Trinajstić information content (AvgIpc) is 3.17. The second kappa shape index (κ2) is 10.2. The number of halogens is 1. The van der Waals surface area contributed by atoms with Gasteiger partial charge in [-0.05, 0) is 54.3 Å². The number of unbranched alkanes of at least 4 members (excludes halogenated alkanes) is 4. The van der Waals surface area contributed by atoms with Crippen molar-refractivity contribution in [2.24, 2.45) is 0 Å². The highest BCUT2D eigenvalue weighted by Gasteiger charge is 2.06. The maximum atomic E-state index is 5.34. The van der Waals surface area contributed by atoms with Gasteiger partial charge in [-0.25, -0.2) is 0 Å². The fourth-order valence-corrected chi connectivity index (χ4v) is 3.18. The highest BCUT2D eigenvalue weighted by Crippen LogP contribution is 2.20. The number of rotatable bonds is 9. The van der Waals surface area contributed by atoms with E-state index in [4.69, 9.17) is 4.52 Å². The van der Waals surface area contributed by atoms with Gasteiger partial charge in [-0.15, -0.1) is 0 Å². The third kappa shape index (κ3) is 6.17. The lowest BCUT2D eigenvalue weighted by Gasteiger charge is -2.02. The summed E-state index contributed by atoms with van der Waals surface area (Å²) >= 11 is 3.42. The Labute approximate surface area is 169 Å². The average molecular weight is 425 g/mol. The topological polar surface area (TPSA) is 38.9 Å². The zero-order chi connectivity index (χ0) is 18.9. The molecule has 0 saturated heterocycles. The molecular weight excluding hydrogens is 400 g/mol. The molecule has 0 saturated carbocycles. The van der Waals surface area contributed by atoms with Crippen LogP contribution in [-0.4, -0.2) is 10.1 Å². The van der Waals surface area contributed by atoms with Gasteiger partial charge in [-0.1, -0.05) is 84.0 Å². The van der Waals surface area contributed by atoms with E-state index in [0.29, 0.717) is 11.7 Å². The van der Waals surface area contributed by atoms with Crippen LogP contribution < -0.4 is 0 Å². The SMILES string of the molecule is CCCCCCCc1ccc(C=Cc2noc(-c3ccc(Br)cc3)n2)cc1. The van der Waals surface area contributed by atoms with Crippen LogP contribution in [0.4, 0.5) is 0 Å². The van der Waals surface area contributed by atoms with Gasteiger partial charge in [0.25, 0.3) is 5.89 Å². The van der Waals surface area contributed by atoms with Gasteiger partial charge >= 0.3 is 0 Å². The zero-order valence-electron chi connectivity index (χ0n) is 15.7. The van der Waals surface area contributed by atoms with Crippen LogP contribution in [0.15, 0.2) is 57.5 Å². The van der Waals surface area contributed by atoms with E-state index in [9.17, 15) is 0 Å².